The molecular formula is C11H17N5O3. The fourth-order valence-corrected chi connectivity index (χ4v) is 2.39. The predicted octanol–water partition coefficient (Wildman–Crippen LogP) is 0.992. The van der Waals surface area contributed by atoms with Gasteiger partial charge in [0.25, 0.3) is 0 Å². The molecule has 2 rings (SSSR count). The first-order valence-electron chi connectivity index (χ1n) is 6.16. The smallest absolute Gasteiger partial charge is 0.332 e. The summed E-state index contributed by atoms with van der Waals surface area (Å²) in [5.41, 5.74) is 4.69. The molecule has 1 aromatic heterocycles. The van der Waals surface area contributed by atoms with E-state index in [1.54, 1.807) is 0 Å². The average molecular weight is 267 g/mol. The first-order valence-corrected chi connectivity index (χ1v) is 6.16. The van der Waals surface area contributed by atoms with Crippen molar-refractivity contribution in [2.45, 2.75) is 38.2 Å². The molecule has 0 aliphatic heterocycles. The van der Waals surface area contributed by atoms with E-state index >= 15 is 0 Å². The summed E-state index contributed by atoms with van der Waals surface area (Å²) < 4.78 is 0. The Labute approximate surface area is 110 Å². The number of aliphatic hydroxyl groups is 1. The highest BCUT2D eigenvalue weighted by molar-refractivity contribution is 5.60. The second-order valence-corrected chi connectivity index (χ2v) is 4.91. The van der Waals surface area contributed by atoms with E-state index < -0.39 is 10.5 Å². The van der Waals surface area contributed by atoms with Crippen LogP contribution in [0.4, 0.5) is 17.5 Å². The number of nitrogens with zero attached hydrogens (tertiary/aromatic N) is 3. The Morgan fingerprint density at radius 3 is 2.68 bits per heavy atom. The maximum atomic E-state index is 11.0. The van der Waals surface area contributed by atoms with Crippen LogP contribution in [0.15, 0.2) is 0 Å². The van der Waals surface area contributed by atoms with Crippen molar-refractivity contribution in [1.29, 1.82) is 0 Å². The lowest BCUT2D eigenvalue weighted by Crippen LogP contribution is -2.34. The van der Waals surface area contributed by atoms with Crippen molar-refractivity contribution in [3.63, 3.8) is 0 Å². The second-order valence-electron chi connectivity index (χ2n) is 4.91. The quantitative estimate of drug-likeness (QED) is 0.548. The van der Waals surface area contributed by atoms with E-state index in [1.165, 1.54) is 6.92 Å². The first-order chi connectivity index (χ1) is 8.91. The molecule has 0 spiro atoms. The zero-order chi connectivity index (χ0) is 14.0. The fraction of sp³-hybridized carbons (Fsp3) is 0.636. The fourth-order valence-electron chi connectivity index (χ4n) is 2.39. The standard InChI is InChI=1S/C11H17N5O3/c1-7-8(16(18)19)9(15-10(12)14-7)13-6-11(17)4-2-3-5-11/h17H,2-6H2,1H3,(H3,12,13,14,15). The average Bonchev–Trinajstić information content (AvgIpc) is 2.72. The van der Waals surface area contributed by atoms with Crippen molar-refractivity contribution >= 4 is 17.5 Å². The molecule has 0 aromatic carbocycles. The number of rotatable bonds is 4. The molecule has 1 saturated carbocycles. The molecule has 0 saturated heterocycles. The molecule has 8 nitrogen and oxygen atoms in total. The molecule has 0 unspecified atom stereocenters. The van der Waals surface area contributed by atoms with Gasteiger partial charge in [-0.15, -0.1) is 0 Å². The lowest BCUT2D eigenvalue weighted by molar-refractivity contribution is -0.385. The van der Waals surface area contributed by atoms with E-state index in [0.717, 1.165) is 12.8 Å². The molecule has 0 radical (unpaired) electrons. The highest BCUT2D eigenvalue weighted by atomic mass is 16.6. The molecule has 0 atom stereocenters. The predicted molar refractivity (Wildman–Crippen MR) is 69.7 cm³/mol. The summed E-state index contributed by atoms with van der Waals surface area (Å²) in [6, 6.07) is 0. The largest absolute Gasteiger partial charge is 0.388 e. The van der Waals surface area contributed by atoms with Gasteiger partial charge < -0.3 is 16.2 Å². The Morgan fingerprint density at radius 1 is 1.47 bits per heavy atom. The van der Waals surface area contributed by atoms with Gasteiger partial charge in [0, 0.05) is 6.54 Å². The molecular weight excluding hydrogens is 250 g/mol. The summed E-state index contributed by atoms with van der Waals surface area (Å²) in [6.45, 7) is 1.73. The second kappa shape index (κ2) is 4.96. The molecule has 1 aliphatic carbocycles. The van der Waals surface area contributed by atoms with Gasteiger partial charge in [0.1, 0.15) is 5.69 Å². The van der Waals surface area contributed by atoms with Crippen molar-refractivity contribution in [3.05, 3.63) is 15.8 Å². The number of nitro groups is 1. The maximum Gasteiger partial charge on any atom is 0.332 e. The van der Waals surface area contributed by atoms with Crippen LogP contribution in [0.5, 0.6) is 0 Å². The summed E-state index contributed by atoms with van der Waals surface area (Å²) in [5, 5.41) is 24.1. The van der Waals surface area contributed by atoms with E-state index in [-0.39, 0.29) is 29.7 Å². The molecule has 1 heterocycles. The molecule has 1 aliphatic rings. The topological polar surface area (TPSA) is 127 Å². The van der Waals surface area contributed by atoms with Crippen molar-refractivity contribution in [1.82, 2.24) is 9.97 Å². The molecule has 0 bridgehead atoms. The highest BCUT2D eigenvalue weighted by Crippen LogP contribution is 2.31. The third-order valence-corrected chi connectivity index (χ3v) is 3.38. The third kappa shape index (κ3) is 2.90. The van der Waals surface area contributed by atoms with E-state index in [0.29, 0.717) is 12.8 Å². The normalized spacial score (nSPS) is 17.4. The van der Waals surface area contributed by atoms with Crippen LogP contribution in [0.3, 0.4) is 0 Å². The van der Waals surface area contributed by atoms with Crippen LogP contribution in [-0.4, -0.2) is 32.1 Å². The number of nitrogen functional groups attached to an aromatic ring is 1. The Kier molecular flexibility index (Phi) is 3.52. The summed E-state index contributed by atoms with van der Waals surface area (Å²) >= 11 is 0. The molecule has 104 valence electrons. The Bertz CT molecular complexity index is 499. The zero-order valence-corrected chi connectivity index (χ0v) is 10.7. The molecule has 4 N–H and O–H groups in total. The molecule has 1 fully saturated rings. The van der Waals surface area contributed by atoms with Crippen LogP contribution in [-0.2, 0) is 0 Å². The first kappa shape index (κ1) is 13.5. The van der Waals surface area contributed by atoms with Crippen molar-refractivity contribution < 1.29 is 10.0 Å². The van der Waals surface area contributed by atoms with Gasteiger partial charge in [0.2, 0.25) is 11.8 Å². The minimum atomic E-state index is -0.818. The third-order valence-electron chi connectivity index (χ3n) is 3.38. The lowest BCUT2D eigenvalue weighted by atomic mass is 10.0. The minimum Gasteiger partial charge on any atom is -0.388 e. The van der Waals surface area contributed by atoms with Gasteiger partial charge in [-0.1, -0.05) is 12.8 Å². The molecule has 8 heteroatoms. The number of nitrogens with two attached hydrogens (primary N) is 1. The van der Waals surface area contributed by atoms with Crippen LogP contribution in [0.1, 0.15) is 31.4 Å². The summed E-state index contributed by atoms with van der Waals surface area (Å²) in [7, 11) is 0. The van der Waals surface area contributed by atoms with Crippen molar-refractivity contribution in [2.24, 2.45) is 0 Å². The summed E-state index contributed by atoms with van der Waals surface area (Å²) in [6.07, 6.45) is 3.30. The van der Waals surface area contributed by atoms with Gasteiger partial charge in [-0.2, -0.15) is 4.98 Å². The van der Waals surface area contributed by atoms with Gasteiger partial charge in [-0.3, -0.25) is 10.1 Å². The van der Waals surface area contributed by atoms with Gasteiger partial charge in [-0.05, 0) is 19.8 Å². The van der Waals surface area contributed by atoms with E-state index in [9.17, 15) is 15.2 Å². The Morgan fingerprint density at radius 2 is 2.11 bits per heavy atom. The Hall–Kier alpha value is -1.96. The monoisotopic (exact) mass is 267 g/mol. The maximum absolute atomic E-state index is 11.0. The number of hydrogen-bond donors (Lipinski definition) is 3. The van der Waals surface area contributed by atoms with E-state index in [1.807, 2.05) is 0 Å². The number of aryl methyl sites for hydroxylation is 1. The van der Waals surface area contributed by atoms with Gasteiger partial charge >= 0.3 is 5.69 Å². The van der Waals surface area contributed by atoms with Crippen LogP contribution >= 0.6 is 0 Å². The summed E-state index contributed by atoms with van der Waals surface area (Å²) in [4.78, 5) is 18.1. The van der Waals surface area contributed by atoms with Crippen LogP contribution in [0.25, 0.3) is 0 Å². The van der Waals surface area contributed by atoms with Crippen molar-refractivity contribution in [2.75, 3.05) is 17.6 Å². The molecule has 1 aromatic rings. The molecule has 0 amide bonds. The Balaban J connectivity index is 2.21. The molecule has 19 heavy (non-hydrogen) atoms. The van der Waals surface area contributed by atoms with Crippen LogP contribution in [0.2, 0.25) is 0 Å². The van der Waals surface area contributed by atoms with Crippen molar-refractivity contribution in [3.8, 4) is 0 Å². The number of anilines is 2. The zero-order valence-electron chi connectivity index (χ0n) is 10.7. The van der Waals surface area contributed by atoms with Gasteiger partial charge in [0.15, 0.2) is 0 Å². The van der Waals surface area contributed by atoms with Crippen LogP contribution in [0, 0.1) is 17.0 Å². The number of hydrogen-bond acceptors (Lipinski definition) is 7. The number of aromatic nitrogens is 2. The van der Waals surface area contributed by atoms with Crippen LogP contribution < -0.4 is 11.1 Å². The van der Waals surface area contributed by atoms with E-state index in [4.69, 9.17) is 5.73 Å². The van der Waals surface area contributed by atoms with E-state index in [2.05, 4.69) is 15.3 Å². The summed E-state index contributed by atoms with van der Waals surface area (Å²) in [5.74, 6) is 0.0411. The number of nitrogens with one attached hydrogen (secondary N) is 1. The lowest BCUT2D eigenvalue weighted by Gasteiger charge is -2.22. The SMILES string of the molecule is Cc1nc(N)nc(NCC2(O)CCCC2)c1[N+](=O)[O-]. The van der Waals surface area contributed by atoms with Gasteiger partial charge in [0.05, 0.1) is 10.5 Å². The van der Waals surface area contributed by atoms with Gasteiger partial charge in [-0.25, -0.2) is 4.98 Å². The minimum absolute atomic E-state index is 0.0241. The highest BCUT2D eigenvalue weighted by Gasteiger charge is 2.32.